The number of carbonyl (C=O) groups excluding carboxylic acids is 3. The molecule has 0 fully saturated rings. The van der Waals surface area contributed by atoms with Crippen LogP contribution in [0.1, 0.15) is 47.8 Å². The number of benzene rings is 7. The summed E-state index contributed by atoms with van der Waals surface area (Å²) in [5, 5.41) is 5.88. The molecule has 0 heterocycles. The summed E-state index contributed by atoms with van der Waals surface area (Å²) in [5.41, 5.74) is 4.15. The third kappa shape index (κ3) is 6.57. The Balaban J connectivity index is 1.21. The molecule has 0 unspecified atom stereocenters. The summed E-state index contributed by atoms with van der Waals surface area (Å²) in [6.45, 7) is 0. The molecule has 0 aliphatic rings. The molecule has 7 rings (SSSR count). The van der Waals surface area contributed by atoms with E-state index in [-0.39, 0.29) is 17.3 Å². The minimum absolute atomic E-state index is 0.109. The molecule has 0 spiro atoms. The molecule has 0 N–H and O–H groups in total. The van der Waals surface area contributed by atoms with E-state index in [9.17, 15) is 14.4 Å². The van der Waals surface area contributed by atoms with Gasteiger partial charge in [-0.1, -0.05) is 140 Å². The molecule has 0 saturated carbocycles. The number of fused-ring (bicyclic) bond motifs is 3. The van der Waals surface area contributed by atoms with Crippen LogP contribution in [-0.2, 0) is 0 Å². The minimum atomic E-state index is -0.115. The number of hydrogen-bond donors (Lipinski definition) is 0. The van der Waals surface area contributed by atoms with Gasteiger partial charge in [-0.2, -0.15) is 0 Å². The third-order valence-corrected chi connectivity index (χ3v) is 8.43. The van der Waals surface area contributed by atoms with Gasteiger partial charge in [0.2, 0.25) is 0 Å². The van der Waals surface area contributed by atoms with E-state index in [4.69, 9.17) is 0 Å². The van der Waals surface area contributed by atoms with E-state index in [1.165, 1.54) is 0 Å². The number of allylic oxidation sites excluding steroid dienone is 3. The van der Waals surface area contributed by atoms with Gasteiger partial charge in [0, 0.05) is 16.7 Å². The normalized spacial score (nSPS) is 11.8. The molecular formula is C45H30O3. The fraction of sp³-hybridized carbons (Fsp3) is 0. The molecule has 0 radical (unpaired) electrons. The van der Waals surface area contributed by atoms with Crippen molar-refractivity contribution in [2.75, 3.05) is 0 Å². The zero-order valence-electron chi connectivity index (χ0n) is 26.0. The van der Waals surface area contributed by atoms with Crippen LogP contribution in [0.25, 0.3) is 50.5 Å². The number of ketones is 3. The van der Waals surface area contributed by atoms with Crippen molar-refractivity contribution >= 4 is 67.9 Å². The van der Waals surface area contributed by atoms with Crippen LogP contribution in [0.5, 0.6) is 0 Å². The first-order chi connectivity index (χ1) is 23.5. The smallest absolute Gasteiger partial charge is 0.186 e. The van der Waals surface area contributed by atoms with Gasteiger partial charge in [-0.05, 0) is 91.5 Å². The maximum Gasteiger partial charge on any atom is 0.186 e. The van der Waals surface area contributed by atoms with Crippen LogP contribution >= 0.6 is 0 Å². The first-order valence-corrected chi connectivity index (χ1v) is 15.8. The van der Waals surface area contributed by atoms with Crippen molar-refractivity contribution in [1.29, 1.82) is 0 Å². The van der Waals surface area contributed by atoms with E-state index in [1.54, 1.807) is 36.5 Å². The first-order valence-electron chi connectivity index (χ1n) is 15.8. The van der Waals surface area contributed by atoms with Gasteiger partial charge in [-0.3, -0.25) is 14.4 Å². The summed E-state index contributed by atoms with van der Waals surface area (Å²) in [4.78, 5) is 39.9. The second kappa shape index (κ2) is 13.5. The first kappa shape index (κ1) is 30.2. The molecule has 0 aliphatic carbocycles. The Labute approximate surface area is 278 Å². The summed E-state index contributed by atoms with van der Waals surface area (Å²) in [6.07, 6.45) is 10.0. The van der Waals surface area contributed by atoms with E-state index in [2.05, 4.69) is 0 Å². The summed E-state index contributed by atoms with van der Waals surface area (Å²) in [7, 11) is 0. The lowest BCUT2D eigenvalue weighted by atomic mass is 9.99. The lowest BCUT2D eigenvalue weighted by Crippen LogP contribution is -1.96. The highest BCUT2D eigenvalue weighted by Gasteiger charge is 2.09. The minimum Gasteiger partial charge on any atom is -0.289 e. The predicted molar refractivity (Wildman–Crippen MR) is 198 cm³/mol. The Hall–Kier alpha value is -6.45. The lowest BCUT2D eigenvalue weighted by Gasteiger charge is -2.05. The number of carbonyl (C=O) groups is 3. The van der Waals surface area contributed by atoms with Crippen molar-refractivity contribution in [1.82, 2.24) is 0 Å². The number of hydrogen-bond acceptors (Lipinski definition) is 3. The second-order valence-corrected chi connectivity index (χ2v) is 11.6. The zero-order valence-corrected chi connectivity index (χ0v) is 26.0. The molecule has 48 heavy (non-hydrogen) atoms. The molecule has 0 saturated heterocycles. The Morgan fingerprint density at radius 1 is 0.354 bits per heavy atom. The van der Waals surface area contributed by atoms with Gasteiger partial charge < -0.3 is 0 Å². The van der Waals surface area contributed by atoms with Crippen LogP contribution in [0.2, 0.25) is 0 Å². The van der Waals surface area contributed by atoms with E-state index in [1.807, 2.05) is 146 Å². The Morgan fingerprint density at radius 3 is 1.29 bits per heavy atom. The largest absolute Gasteiger partial charge is 0.289 e. The van der Waals surface area contributed by atoms with Crippen LogP contribution in [0.3, 0.4) is 0 Å². The van der Waals surface area contributed by atoms with Crippen LogP contribution in [0, 0.1) is 0 Å². The highest BCUT2D eigenvalue weighted by Crippen LogP contribution is 2.23. The van der Waals surface area contributed by atoms with Gasteiger partial charge in [0.15, 0.2) is 17.3 Å². The molecule has 0 bridgehead atoms. The molecule has 0 amide bonds. The van der Waals surface area contributed by atoms with Gasteiger partial charge in [0.1, 0.15) is 0 Å². The van der Waals surface area contributed by atoms with E-state index in [0.717, 1.165) is 49.0 Å². The van der Waals surface area contributed by atoms with Crippen molar-refractivity contribution in [3.63, 3.8) is 0 Å². The predicted octanol–water partition coefficient (Wildman–Crippen LogP) is 10.8. The van der Waals surface area contributed by atoms with Gasteiger partial charge in [0.05, 0.1) is 0 Å². The molecule has 7 aromatic rings. The Morgan fingerprint density at radius 2 is 0.771 bits per heavy atom. The molecule has 0 aromatic heterocycles. The lowest BCUT2D eigenvalue weighted by molar-refractivity contribution is 0.104. The fourth-order valence-corrected chi connectivity index (χ4v) is 6.01. The van der Waals surface area contributed by atoms with Crippen LogP contribution in [-0.4, -0.2) is 17.3 Å². The van der Waals surface area contributed by atoms with E-state index in [0.29, 0.717) is 16.7 Å². The highest BCUT2D eigenvalue weighted by molar-refractivity contribution is 6.16. The van der Waals surface area contributed by atoms with Crippen molar-refractivity contribution in [3.05, 3.63) is 197 Å². The molecule has 7 aromatic carbocycles. The van der Waals surface area contributed by atoms with Gasteiger partial charge in [-0.15, -0.1) is 0 Å². The van der Waals surface area contributed by atoms with Crippen molar-refractivity contribution < 1.29 is 14.4 Å². The summed E-state index contributed by atoms with van der Waals surface area (Å²) in [6, 6.07) is 46.4. The monoisotopic (exact) mass is 618 g/mol. The Kier molecular flexibility index (Phi) is 8.50. The van der Waals surface area contributed by atoms with Crippen LogP contribution < -0.4 is 0 Å². The molecule has 0 atom stereocenters. The maximum absolute atomic E-state index is 13.3. The van der Waals surface area contributed by atoms with Crippen LogP contribution in [0.4, 0.5) is 0 Å². The van der Waals surface area contributed by atoms with Gasteiger partial charge in [0.25, 0.3) is 0 Å². The molecule has 3 nitrogen and oxygen atoms in total. The summed E-state index contributed by atoms with van der Waals surface area (Å²) < 4.78 is 0. The molecule has 3 heteroatoms. The highest BCUT2D eigenvalue weighted by atomic mass is 16.1. The van der Waals surface area contributed by atoms with Crippen molar-refractivity contribution in [2.45, 2.75) is 0 Å². The van der Waals surface area contributed by atoms with Crippen molar-refractivity contribution in [3.8, 4) is 0 Å². The van der Waals surface area contributed by atoms with Crippen LogP contribution in [0.15, 0.2) is 164 Å². The second-order valence-electron chi connectivity index (χ2n) is 11.6. The summed E-state index contributed by atoms with van der Waals surface area (Å²) >= 11 is 0. The SMILES string of the molecule is O=C(/C=C/c1cc(/C=C/C(=O)c2cccc3ccccc23)cc(/C=C/C(=O)c2cccc3ccccc23)c1)c1ccc2ccccc2c1. The topological polar surface area (TPSA) is 51.2 Å². The van der Waals surface area contributed by atoms with Gasteiger partial charge in [-0.25, -0.2) is 0 Å². The Bertz CT molecular complexity index is 2330. The average molecular weight is 619 g/mol. The van der Waals surface area contributed by atoms with Crippen molar-refractivity contribution in [2.24, 2.45) is 0 Å². The fourth-order valence-electron chi connectivity index (χ4n) is 6.01. The molecule has 0 aliphatic heterocycles. The molecular weight excluding hydrogens is 588 g/mol. The van der Waals surface area contributed by atoms with Gasteiger partial charge >= 0.3 is 0 Å². The summed E-state index contributed by atoms with van der Waals surface area (Å²) in [5.74, 6) is -0.332. The standard InChI is InChI=1S/C45H30O3/c46-43(38-23-22-34-9-1-2-12-37(34)30-38)24-19-31-27-32(20-25-44(47)41-17-7-13-35-10-3-5-15-39(35)41)29-33(28-31)21-26-45(48)42-18-8-14-36-11-4-6-16-40(36)42/h1-30H/b24-19+,25-20+,26-21+. The van der Waals surface area contributed by atoms with E-state index >= 15 is 0 Å². The number of rotatable bonds is 9. The zero-order chi connectivity index (χ0) is 32.9. The molecule has 228 valence electrons. The quantitative estimate of drug-likeness (QED) is 0.119. The maximum atomic E-state index is 13.3. The average Bonchev–Trinajstić information content (AvgIpc) is 3.14. The van der Waals surface area contributed by atoms with E-state index < -0.39 is 0 Å². The third-order valence-electron chi connectivity index (χ3n) is 8.43.